The molecule has 1 N–H and O–H groups in total. The minimum Gasteiger partial charge on any atom is -0.478 e. The molecule has 0 aliphatic rings. The molecule has 1 heterocycles. The monoisotopic (exact) mass is 304 g/mol. The van der Waals surface area contributed by atoms with Crippen molar-refractivity contribution in [1.82, 2.24) is 9.78 Å². The molecule has 0 unspecified atom stereocenters. The molecule has 0 saturated carbocycles. The highest BCUT2D eigenvalue weighted by molar-refractivity contribution is 8.13. The molecule has 0 aliphatic carbocycles. The molecule has 9 heteroatoms. The van der Waals surface area contributed by atoms with E-state index in [2.05, 4.69) is 5.10 Å². The third-order valence-electron chi connectivity index (χ3n) is 2.26. The van der Waals surface area contributed by atoms with Gasteiger partial charge in [0.05, 0.1) is 11.9 Å². The number of hydrogen-bond acceptors (Lipinski definition) is 4. The zero-order chi connectivity index (χ0) is 14.2. The number of carboxylic acids is 1. The van der Waals surface area contributed by atoms with E-state index < -0.39 is 31.4 Å². The van der Waals surface area contributed by atoms with E-state index in [9.17, 15) is 17.6 Å². The van der Waals surface area contributed by atoms with Crippen LogP contribution in [0.5, 0.6) is 0 Å². The molecule has 0 amide bonds. The molecule has 1 aromatic heterocycles. The number of aromatic carboxylic acids is 1. The lowest BCUT2D eigenvalue weighted by molar-refractivity contribution is 0.0692. The highest BCUT2D eigenvalue weighted by Gasteiger charge is 2.27. The van der Waals surface area contributed by atoms with E-state index in [1.165, 1.54) is 12.1 Å². The lowest BCUT2D eigenvalue weighted by atomic mass is 10.3. The quantitative estimate of drug-likeness (QED) is 0.871. The van der Waals surface area contributed by atoms with Gasteiger partial charge in [0, 0.05) is 10.7 Å². The van der Waals surface area contributed by atoms with Crippen molar-refractivity contribution in [2.75, 3.05) is 0 Å². The zero-order valence-electron chi connectivity index (χ0n) is 9.12. The minimum absolute atomic E-state index is 0.174. The molecule has 2 aromatic rings. The summed E-state index contributed by atoms with van der Waals surface area (Å²) < 4.78 is 36.5. The number of benzene rings is 1. The van der Waals surface area contributed by atoms with Gasteiger partial charge in [-0.05, 0) is 24.3 Å². The van der Waals surface area contributed by atoms with Crippen LogP contribution in [0.2, 0.25) is 0 Å². The first-order valence-corrected chi connectivity index (χ1v) is 7.13. The van der Waals surface area contributed by atoms with E-state index in [0.717, 1.165) is 23.0 Å². The summed E-state index contributed by atoms with van der Waals surface area (Å²) >= 11 is 0. The first-order valence-electron chi connectivity index (χ1n) is 4.82. The molecule has 6 nitrogen and oxygen atoms in total. The summed E-state index contributed by atoms with van der Waals surface area (Å²) in [5.74, 6) is -2.00. The number of hydrogen-bond donors (Lipinski definition) is 1. The first-order chi connectivity index (χ1) is 8.80. The summed E-state index contributed by atoms with van der Waals surface area (Å²) in [6.45, 7) is 0. The van der Waals surface area contributed by atoms with E-state index >= 15 is 0 Å². The van der Waals surface area contributed by atoms with Crippen LogP contribution < -0.4 is 0 Å². The number of carbonyl (C=O) groups is 1. The number of halogens is 2. The van der Waals surface area contributed by atoms with Crippen molar-refractivity contribution in [2.45, 2.75) is 5.03 Å². The van der Waals surface area contributed by atoms with Crippen LogP contribution in [0.1, 0.15) is 10.4 Å². The third-order valence-corrected chi connectivity index (χ3v) is 3.55. The molecular formula is C10H6ClFN2O4S. The smallest absolute Gasteiger partial charge is 0.340 e. The Labute approximate surface area is 111 Å². The molecule has 0 saturated heterocycles. The Balaban J connectivity index is 2.72. The zero-order valence-corrected chi connectivity index (χ0v) is 10.7. The van der Waals surface area contributed by atoms with Crippen LogP contribution in [0.15, 0.2) is 35.5 Å². The number of carboxylic acid groups (broad SMARTS) is 1. The molecule has 0 bridgehead atoms. The fourth-order valence-corrected chi connectivity index (χ4v) is 2.69. The third kappa shape index (κ3) is 2.59. The van der Waals surface area contributed by atoms with Crippen molar-refractivity contribution in [3.63, 3.8) is 0 Å². The van der Waals surface area contributed by atoms with E-state index in [1.54, 1.807) is 0 Å². The summed E-state index contributed by atoms with van der Waals surface area (Å²) in [7, 11) is 0.883. The van der Waals surface area contributed by atoms with Gasteiger partial charge in [-0.15, -0.1) is 0 Å². The Morgan fingerprint density at radius 2 is 1.89 bits per heavy atom. The summed E-state index contributed by atoms with van der Waals surface area (Å²) in [4.78, 5) is 10.9. The Kier molecular flexibility index (Phi) is 3.29. The van der Waals surface area contributed by atoms with Crippen LogP contribution in [0.4, 0.5) is 4.39 Å². The highest BCUT2D eigenvalue weighted by atomic mass is 35.7. The average molecular weight is 305 g/mol. The second-order valence-corrected chi connectivity index (χ2v) is 5.98. The van der Waals surface area contributed by atoms with Crippen molar-refractivity contribution >= 4 is 25.7 Å². The van der Waals surface area contributed by atoms with Crippen molar-refractivity contribution in [2.24, 2.45) is 0 Å². The minimum atomic E-state index is -4.33. The maximum absolute atomic E-state index is 12.8. The van der Waals surface area contributed by atoms with Crippen LogP contribution in [0.25, 0.3) is 5.69 Å². The largest absolute Gasteiger partial charge is 0.478 e. The Morgan fingerprint density at radius 1 is 1.32 bits per heavy atom. The first kappa shape index (κ1) is 13.5. The Bertz CT molecular complexity index is 739. The maximum atomic E-state index is 12.8. The Morgan fingerprint density at radius 3 is 2.37 bits per heavy atom. The fraction of sp³-hybridized carbons (Fsp3) is 0. The molecule has 0 spiro atoms. The fourth-order valence-electron chi connectivity index (χ4n) is 1.48. The molecular weight excluding hydrogens is 299 g/mol. The maximum Gasteiger partial charge on any atom is 0.340 e. The van der Waals surface area contributed by atoms with Crippen LogP contribution in [-0.4, -0.2) is 29.3 Å². The molecule has 100 valence electrons. The van der Waals surface area contributed by atoms with Gasteiger partial charge in [0.15, 0.2) is 5.03 Å². The molecule has 1 aromatic carbocycles. The summed E-state index contributed by atoms with van der Waals surface area (Å²) in [6, 6.07) is 4.67. The van der Waals surface area contributed by atoms with Gasteiger partial charge >= 0.3 is 5.97 Å². The summed E-state index contributed by atoms with van der Waals surface area (Å²) in [5, 5.41) is 11.9. The number of aromatic nitrogens is 2. The van der Waals surface area contributed by atoms with Crippen LogP contribution >= 0.6 is 10.7 Å². The normalized spacial score (nSPS) is 11.5. The van der Waals surface area contributed by atoms with Gasteiger partial charge in [0.2, 0.25) is 0 Å². The van der Waals surface area contributed by atoms with Gasteiger partial charge in [-0.3, -0.25) is 0 Å². The molecule has 0 fully saturated rings. The van der Waals surface area contributed by atoms with Gasteiger partial charge < -0.3 is 5.11 Å². The predicted molar refractivity (Wildman–Crippen MR) is 63.5 cm³/mol. The van der Waals surface area contributed by atoms with Gasteiger partial charge in [-0.2, -0.15) is 5.10 Å². The molecule has 0 radical (unpaired) electrons. The second kappa shape index (κ2) is 4.63. The molecule has 2 rings (SSSR count). The molecule has 0 aliphatic heterocycles. The average Bonchev–Trinajstić information content (AvgIpc) is 2.74. The van der Waals surface area contributed by atoms with E-state index in [0.29, 0.717) is 0 Å². The van der Waals surface area contributed by atoms with Crippen LogP contribution in [0.3, 0.4) is 0 Å². The standard InChI is InChI=1S/C10H6ClFN2O4S/c11-19(17,18)9-8(10(15)16)5-13-14(9)7-3-1-6(12)2-4-7/h1-5H,(H,15,16). The van der Waals surface area contributed by atoms with Crippen LogP contribution in [0, 0.1) is 5.82 Å². The number of rotatable bonds is 3. The van der Waals surface area contributed by atoms with Gasteiger partial charge in [0.25, 0.3) is 9.05 Å². The van der Waals surface area contributed by atoms with E-state index in [4.69, 9.17) is 15.8 Å². The van der Waals surface area contributed by atoms with Crippen molar-refractivity contribution in [1.29, 1.82) is 0 Å². The van der Waals surface area contributed by atoms with Gasteiger partial charge in [-0.25, -0.2) is 22.3 Å². The van der Waals surface area contributed by atoms with Crippen LogP contribution in [-0.2, 0) is 9.05 Å². The highest BCUT2D eigenvalue weighted by Crippen LogP contribution is 2.23. The summed E-state index contributed by atoms with van der Waals surface area (Å²) in [6.07, 6.45) is 0.862. The van der Waals surface area contributed by atoms with Gasteiger partial charge in [-0.1, -0.05) is 0 Å². The lowest BCUT2D eigenvalue weighted by Gasteiger charge is -2.05. The molecule has 19 heavy (non-hydrogen) atoms. The molecule has 0 atom stereocenters. The van der Waals surface area contributed by atoms with E-state index in [1.807, 2.05) is 0 Å². The Hall–Kier alpha value is -1.93. The van der Waals surface area contributed by atoms with Gasteiger partial charge in [0.1, 0.15) is 11.4 Å². The van der Waals surface area contributed by atoms with Crippen molar-refractivity contribution in [3.05, 3.63) is 41.8 Å². The van der Waals surface area contributed by atoms with E-state index in [-0.39, 0.29) is 5.69 Å². The predicted octanol–water partition coefficient (Wildman–Crippen LogP) is 1.64. The van der Waals surface area contributed by atoms with Crippen molar-refractivity contribution in [3.8, 4) is 5.69 Å². The second-order valence-electron chi connectivity index (χ2n) is 3.49. The topological polar surface area (TPSA) is 89.3 Å². The SMILES string of the molecule is O=C(O)c1cnn(-c2ccc(F)cc2)c1S(=O)(=O)Cl. The summed E-state index contributed by atoms with van der Waals surface area (Å²) in [5.41, 5.74) is -0.382. The number of nitrogens with zero attached hydrogens (tertiary/aromatic N) is 2. The lowest BCUT2D eigenvalue weighted by Crippen LogP contribution is -2.09. The van der Waals surface area contributed by atoms with Crippen molar-refractivity contribution < 1.29 is 22.7 Å².